The van der Waals surface area contributed by atoms with Crippen LogP contribution in [-0.4, -0.2) is 48.6 Å². The molecule has 0 aliphatic carbocycles. The summed E-state index contributed by atoms with van der Waals surface area (Å²) in [6.45, 7) is 8.94. The van der Waals surface area contributed by atoms with Crippen LogP contribution in [0.4, 0.5) is 10.5 Å². The molecule has 2 amide bonds. The van der Waals surface area contributed by atoms with Gasteiger partial charge in [-0.05, 0) is 48.6 Å². The maximum atomic E-state index is 12.5. The van der Waals surface area contributed by atoms with Gasteiger partial charge in [0.05, 0.1) is 0 Å². The molecule has 1 saturated heterocycles. The van der Waals surface area contributed by atoms with E-state index in [1.807, 2.05) is 17.0 Å². The van der Waals surface area contributed by atoms with Crippen molar-refractivity contribution in [3.8, 4) is 0 Å². The van der Waals surface area contributed by atoms with Gasteiger partial charge in [0.1, 0.15) is 0 Å². The molecule has 0 aromatic heterocycles. The lowest BCUT2D eigenvalue weighted by Gasteiger charge is -2.34. The van der Waals surface area contributed by atoms with Gasteiger partial charge in [0.15, 0.2) is 0 Å². The number of carbonyl (C=O) groups is 1. The maximum Gasteiger partial charge on any atom is 0.321 e. The summed E-state index contributed by atoms with van der Waals surface area (Å²) < 4.78 is 0. The molecule has 0 unspecified atom stereocenters. The minimum Gasteiger partial charge on any atom is -0.322 e. The second kappa shape index (κ2) is 9.56. The fourth-order valence-electron chi connectivity index (χ4n) is 3.48. The molecular formula is C23H31N3O. The summed E-state index contributed by atoms with van der Waals surface area (Å²) in [6, 6.07) is 18.8. The topological polar surface area (TPSA) is 35.6 Å². The van der Waals surface area contributed by atoms with Gasteiger partial charge in [-0.3, -0.25) is 4.90 Å². The van der Waals surface area contributed by atoms with Crippen LogP contribution in [-0.2, 0) is 6.42 Å². The third-order valence-corrected chi connectivity index (χ3v) is 5.27. The molecule has 1 aliphatic heterocycles. The fourth-order valence-corrected chi connectivity index (χ4v) is 3.48. The molecular weight excluding hydrogens is 334 g/mol. The van der Waals surface area contributed by atoms with Crippen molar-refractivity contribution in [2.24, 2.45) is 0 Å². The van der Waals surface area contributed by atoms with E-state index in [4.69, 9.17) is 0 Å². The predicted molar refractivity (Wildman–Crippen MR) is 112 cm³/mol. The molecule has 4 heteroatoms. The lowest BCUT2D eigenvalue weighted by Crippen LogP contribution is -2.50. The minimum absolute atomic E-state index is 0.0104. The normalized spacial score (nSPS) is 15.1. The average Bonchev–Trinajstić information content (AvgIpc) is 2.70. The van der Waals surface area contributed by atoms with E-state index in [0.29, 0.717) is 5.92 Å². The van der Waals surface area contributed by atoms with Crippen molar-refractivity contribution in [3.05, 3.63) is 65.7 Å². The first kappa shape index (κ1) is 19.4. The highest BCUT2D eigenvalue weighted by atomic mass is 16.2. The SMILES string of the molecule is CC(C)c1ccc(NC(=O)N2CCN(CCCc3ccccc3)CC2)cc1. The van der Waals surface area contributed by atoms with E-state index < -0.39 is 0 Å². The molecule has 0 atom stereocenters. The van der Waals surface area contributed by atoms with Crippen LogP contribution in [0.3, 0.4) is 0 Å². The molecule has 2 aromatic carbocycles. The first-order valence-electron chi connectivity index (χ1n) is 10.0. The molecule has 0 saturated carbocycles. The van der Waals surface area contributed by atoms with Crippen molar-refractivity contribution in [1.82, 2.24) is 9.80 Å². The van der Waals surface area contributed by atoms with Gasteiger partial charge in [-0.1, -0.05) is 56.3 Å². The second-order valence-corrected chi connectivity index (χ2v) is 7.62. The zero-order chi connectivity index (χ0) is 19.1. The number of hydrogen-bond donors (Lipinski definition) is 1. The van der Waals surface area contributed by atoms with Crippen LogP contribution < -0.4 is 5.32 Å². The Balaban J connectivity index is 1.38. The standard InChI is InChI=1S/C23H31N3O/c1-19(2)21-10-12-22(13-11-21)24-23(27)26-17-15-25(16-18-26)14-6-9-20-7-4-3-5-8-20/h3-5,7-8,10-13,19H,6,9,14-18H2,1-2H3,(H,24,27). The summed E-state index contributed by atoms with van der Waals surface area (Å²) in [4.78, 5) is 16.9. The van der Waals surface area contributed by atoms with E-state index in [-0.39, 0.29) is 6.03 Å². The number of benzene rings is 2. The number of anilines is 1. The monoisotopic (exact) mass is 365 g/mol. The number of nitrogens with one attached hydrogen (secondary N) is 1. The van der Waals surface area contributed by atoms with Crippen LogP contribution in [0.15, 0.2) is 54.6 Å². The highest BCUT2D eigenvalue weighted by Crippen LogP contribution is 2.17. The van der Waals surface area contributed by atoms with Gasteiger partial charge in [0, 0.05) is 31.9 Å². The van der Waals surface area contributed by atoms with Gasteiger partial charge in [-0.15, -0.1) is 0 Å². The van der Waals surface area contributed by atoms with Gasteiger partial charge in [0.25, 0.3) is 0 Å². The van der Waals surface area contributed by atoms with E-state index >= 15 is 0 Å². The predicted octanol–water partition coefficient (Wildman–Crippen LogP) is 4.59. The van der Waals surface area contributed by atoms with E-state index in [1.165, 1.54) is 17.5 Å². The van der Waals surface area contributed by atoms with E-state index in [2.05, 4.69) is 66.5 Å². The number of carbonyl (C=O) groups excluding carboxylic acids is 1. The van der Waals surface area contributed by atoms with Crippen LogP contribution in [0, 0.1) is 0 Å². The minimum atomic E-state index is 0.0104. The molecule has 1 heterocycles. The Labute approximate surface area is 163 Å². The van der Waals surface area contributed by atoms with Crippen LogP contribution in [0.25, 0.3) is 0 Å². The Hall–Kier alpha value is -2.33. The van der Waals surface area contributed by atoms with Crippen molar-refractivity contribution in [3.63, 3.8) is 0 Å². The molecule has 144 valence electrons. The summed E-state index contributed by atoms with van der Waals surface area (Å²) in [6.07, 6.45) is 2.28. The number of nitrogens with zero attached hydrogens (tertiary/aromatic N) is 2. The zero-order valence-corrected chi connectivity index (χ0v) is 16.5. The van der Waals surface area contributed by atoms with Crippen molar-refractivity contribution in [2.75, 3.05) is 38.0 Å². The highest BCUT2D eigenvalue weighted by molar-refractivity contribution is 5.89. The molecule has 0 radical (unpaired) electrons. The van der Waals surface area contributed by atoms with Gasteiger partial charge < -0.3 is 10.2 Å². The first-order valence-corrected chi connectivity index (χ1v) is 10.0. The summed E-state index contributed by atoms with van der Waals surface area (Å²) in [5, 5.41) is 3.03. The third-order valence-electron chi connectivity index (χ3n) is 5.27. The molecule has 0 spiro atoms. The third kappa shape index (κ3) is 5.83. The molecule has 27 heavy (non-hydrogen) atoms. The van der Waals surface area contributed by atoms with Crippen LogP contribution >= 0.6 is 0 Å². The van der Waals surface area contributed by atoms with Gasteiger partial charge >= 0.3 is 6.03 Å². The number of urea groups is 1. The molecule has 1 aliphatic rings. The summed E-state index contributed by atoms with van der Waals surface area (Å²) in [5.41, 5.74) is 3.56. The summed E-state index contributed by atoms with van der Waals surface area (Å²) in [7, 11) is 0. The molecule has 4 nitrogen and oxygen atoms in total. The van der Waals surface area contributed by atoms with E-state index in [9.17, 15) is 4.79 Å². The van der Waals surface area contributed by atoms with Crippen molar-refractivity contribution in [1.29, 1.82) is 0 Å². The second-order valence-electron chi connectivity index (χ2n) is 7.62. The Morgan fingerprint density at radius 3 is 2.26 bits per heavy atom. The van der Waals surface area contributed by atoms with Crippen molar-refractivity contribution >= 4 is 11.7 Å². The number of hydrogen-bond acceptors (Lipinski definition) is 2. The van der Waals surface area contributed by atoms with Crippen molar-refractivity contribution in [2.45, 2.75) is 32.6 Å². The maximum absolute atomic E-state index is 12.5. The lowest BCUT2D eigenvalue weighted by atomic mass is 10.0. The molecule has 2 aromatic rings. The Bertz CT molecular complexity index is 704. The van der Waals surface area contributed by atoms with Gasteiger partial charge in [-0.2, -0.15) is 0 Å². The molecule has 3 rings (SSSR count). The van der Waals surface area contributed by atoms with Gasteiger partial charge in [-0.25, -0.2) is 4.79 Å². The van der Waals surface area contributed by atoms with Crippen LogP contribution in [0.1, 0.15) is 37.3 Å². The largest absolute Gasteiger partial charge is 0.322 e. The fraction of sp³-hybridized carbons (Fsp3) is 0.435. The van der Waals surface area contributed by atoms with Gasteiger partial charge in [0.2, 0.25) is 0 Å². The van der Waals surface area contributed by atoms with Crippen LogP contribution in [0.5, 0.6) is 0 Å². The van der Waals surface area contributed by atoms with Crippen molar-refractivity contribution < 1.29 is 4.79 Å². The summed E-state index contributed by atoms with van der Waals surface area (Å²) >= 11 is 0. The quantitative estimate of drug-likeness (QED) is 0.812. The zero-order valence-electron chi connectivity index (χ0n) is 16.5. The summed E-state index contributed by atoms with van der Waals surface area (Å²) in [5.74, 6) is 0.504. The number of aryl methyl sites for hydroxylation is 1. The van der Waals surface area contributed by atoms with E-state index in [1.54, 1.807) is 0 Å². The smallest absolute Gasteiger partial charge is 0.321 e. The number of rotatable bonds is 6. The van der Waals surface area contributed by atoms with Crippen LogP contribution in [0.2, 0.25) is 0 Å². The molecule has 1 fully saturated rings. The number of piperazine rings is 1. The first-order chi connectivity index (χ1) is 13.1. The van der Waals surface area contributed by atoms with E-state index in [0.717, 1.165) is 44.8 Å². The Morgan fingerprint density at radius 2 is 1.63 bits per heavy atom. The number of amides is 2. The molecule has 1 N–H and O–H groups in total. The lowest BCUT2D eigenvalue weighted by molar-refractivity contribution is 0.146. The Morgan fingerprint density at radius 1 is 0.963 bits per heavy atom. The average molecular weight is 366 g/mol. The highest BCUT2D eigenvalue weighted by Gasteiger charge is 2.20. The Kier molecular flexibility index (Phi) is 6.88. The molecule has 0 bridgehead atoms.